The molecule has 2 aromatic rings. The van der Waals surface area contributed by atoms with Gasteiger partial charge in [0.05, 0.1) is 5.39 Å². The van der Waals surface area contributed by atoms with E-state index in [1.54, 1.807) is 23.9 Å². The Morgan fingerprint density at radius 3 is 2.21 bits per heavy atom. The molecule has 0 saturated carbocycles. The molecule has 0 unspecified atom stereocenters. The smallest absolute Gasteiger partial charge is 0.224 e. The minimum atomic E-state index is -4.94. The van der Waals surface area contributed by atoms with Crippen LogP contribution in [0.5, 0.6) is 0 Å². The Morgan fingerprint density at radius 1 is 1.07 bits per heavy atom. The normalized spacial score (nSPS) is 10.9. The Labute approximate surface area is 85.2 Å². The van der Waals surface area contributed by atoms with Crippen LogP contribution in [0.2, 0.25) is 0 Å². The third-order valence-electron chi connectivity index (χ3n) is 1.24. The summed E-state index contributed by atoms with van der Waals surface area (Å²) < 4.78 is 38.9. The number of halogens is 1. The molecule has 0 aliphatic rings. The summed E-state index contributed by atoms with van der Waals surface area (Å²) >= 11 is 1.69. The molecular weight excluding hydrogens is 232 g/mol. The summed E-state index contributed by atoms with van der Waals surface area (Å²) in [6.45, 7) is 0. The van der Waals surface area contributed by atoms with Gasteiger partial charge >= 0.3 is 12.5 Å². The lowest BCUT2D eigenvalue weighted by atomic mass is 10.3. The van der Waals surface area contributed by atoms with Gasteiger partial charge in [-0.15, -0.1) is 10.2 Å². The molecule has 5 nitrogen and oxygen atoms in total. The van der Waals surface area contributed by atoms with Gasteiger partial charge in [-0.3, -0.25) is 0 Å². The summed E-state index contributed by atoms with van der Waals surface area (Å²) in [6, 6.07) is 1.96. The zero-order valence-electron chi connectivity index (χ0n) is 6.71. The summed E-state index contributed by atoms with van der Waals surface area (Å²) in [5.74, 6) is 0. The fourth-order valence-electron chi connectivity index (χ4n) is 0.773. The fraction of sp³-hybridized carbons (Fsp3) is 0. The maximum atomic E-state index is 8.49. The lowest BCUT2D eigenvalue weighted by Gasteiger charge is -2.17. The molecule has 2 rings (SSSR count). The van der Waals surface area contributed by atoms with Gasteiger partial charge in [0.25, 0.3) is 0 Å². The summed E-state index contributed by atoms with van der Waals surface area (Å²) in [4.78, 5) is 0. The van der Waals surface area contributed by atoms with E-state index < -0.39 is 10.2 Å². The molecule has 7 heteroatoms. The first-order valence-electron chi connectivity index (χ1n) is 3.30. The van der Waals surface area contributed by atoms with Gasteiger partial charge in [-0.25, -0.2) is 23.1 Å². The van der Waals surface area contributed by atoms with Crippen molar-refractivity contribution >= 4 is 22.1 Å². The first-order chi connectivity index (χ1) is 6.47. The molecule has 0 N–H and O–H groups in total. The van der Waals surface area contributed by atoms with Crippen LogP contribution in [0, 0.1) is 10.2 Å². The zero-order valence-corrected chi connectivity index (χ0v) is 8.29. The summed E-state index contributed by atoms with van der Waals surface area (Å²) in [5, 5.41) is 6.61. The second-order valence-corrected chi connectivity index (χ2v) is 3.72. The average Bonchev–Trinajstić information content (AvgIpc) is 2.47. The molecule has 0 saturated heterocycles. The maximum Gasteiger partial charge on any atom is 0.326 e. The van der Waals surface area contributed by atoms with Gasteiger partial charge in [0.1, 0.15) is 0 Å². The summed E-state index contributed by atoms with van der Waals surface area (Å²) in [6.07, 6.45) is 3.45. The van der Waals surface area contributed by atoms with Gasteiger partial charge in [-0.05, 0) is 5.38 Å². The van der Waals surface area contributed by atoms with Crippen molar-refractivity contribution in [1.82, 2.24) is 0 Å². The predicted molar refractivity (Wildman–Crippen MR) is 38.5 cm³/mol. The Hall–Kier alpha value is -0.760. The molecule has 0 aromatic carbocycles. The Kier molecular flexibility index (Phi) is 3.76. The molecule has 0 aliphatic heterocycles. The highest BCUT2D eigenvalue weighted by Gasteiger charge is 1.96. The van der Waals surface area contributed by atoms with Crippen LogP contribution in [0.25, 0.3) is 10.8 Å². The highest BCUT2D eigenvalue weighted by Crippen LogP contribution is 2.17. The molecule has 0 spiro atoms. The van der Waals surface area contributed by atoms with Gasteiger partial charge in [-0.1, -0.05) is 0 Å². The molecule has 2 heterocycles. The second-order valence-electron chi connectivity index (χ2n) is 2.22. The third kappa shape index (κ3) is 4.47. The van der Waals surface area contributed by atoms with Crippen molar-refractivity contribution in [2.24, 2.45) is 0 Å². The SMILES string of the molecule is [O-][Cl+3]([O-])([O-])[O-].c1cc2cscc2c[o+]1. The number of fused-ring (bicyclic) bond motifs is 1. The minimum absolute atomic E-state index is 1.18. The zero-order chi connectivity index (χ0) is 10.6. The van der Waals surface area contributed by atoms with Crippen molar-refractivity contribution < 1.29 is 33.3 Å². The first kappa shape index (κ1) is 11.3. The van der Waals surface area contributed by atoms with E-state index in [1.165, 1.54) is 10.8 Å². The standard InChI is InChI=1S/C7H5OS.ClHO4/c1-2-8-3-7-5-9-4-6(1)7;2-1(3,4)5/h1-5H;(H,2,3,4,5)/q+1;/p-1. The fourth-order valence-corrected chi connectivity index (χ4v) is 1.54. The lowest BCUT2D eigenvalue weighted by Crippen LogP contribution is -2.68. The van der Waals surface area contributed by atoms with Gasteiger partial charge < -0.3 is 0 Å². The van der Waals surface area contributed by atoms with Crippen LogP contribution in [0.1, 0.15) is 0 Å². The predicted octanol–water partition coefficient (Wildman–Crippen LogP) is -1.98. The van der Waals surface area contributed by atoms with Crippen molar-refractivity contribution in [3.8, 4) is 0 Å². The maximum absolute atomic E-state index is 8.49. The monoisotopic (exact) mass is 236 g/mol. The Bertz CT molecular complexity index is 360. The largest absolute Gasteiger partial charge is 0.326 e. The van der Waals surface area contributed by atoms with Gasteiger partial charge in [0.15, 0.2) is 0 Å². The van der Waals surface area contributed by atoms with E-state index in [0.717, 1.165) is 0 Å². The molecule has 0 atom stereocenters. The van der Waals surface area contributed by atoms with Gasteiger partial charge in [0, 0.05) is 16.8 Å². The lowest BCUT2D eigenvalue weighted by molar-refractivity contribution is -2.00. The van der Waals surface area contributed by atoms with E-state index >= 15 is 0 Å². The number of thiophene rings is 1. The van der Waals surface area contributed by atoms with Crippen molar-refractivity contribution in [2.75, 3.05) is 0 Å². The molecule has 0 fully saturated rings. The molecule has 0 amide bonds. The highest BCUT2D eigenvalue weighted by molar-refractivity contribution is 7.09. The molecule has 76 valence electrons. The second kappa shape index (κ2) is 4.65. The van der Waals surface area contributed by atoms with Crippen molar-refractivity contribution in [2.45, 2.75) is 0 Å². The molecule has 0 bridgehead atoms. The van der Waals surface area contributed by atoms with Crippen molar-refractivity contribution in [1.29, 1.82) is 0 Å². The first-order valence-corrected chi connectivity index (χ1v) is 5.48. The summed E-state index contributed by atoms with van der Waals surface area (Å²) in [7, 11) is -4.94. The van der Waals surface area contributed by atoms with E-state index in [4.69, 9.17) is 23.1 Å². The topological polar surface area (TPSA) is 104 Å². The molecule has 2 aromatic heterocycles. The van der Waals surface area contributed by atoms with Crippen LogP contribution in [-0.2, 0) is 0 Å². The Morgan fingerprint density at radius 2 is 1.64 bits per heavy atom. The molecular formula is C7H5ClO5S. The number of hydrogen-bond acceptors (Lipinski definition) is 5. The van der Waals surface area contributed by atoms with Crippen LogP contribution in [0.15, 0.2) is 33.8 Å². The van der Waals surface area contributed by atoms with Crippen LogP contribution in [-0.4, -0.2) is 0 Å². The minimum Gasteiger partial charge on any atom is -0.224 e. The van der Waals surface area contributed by atoms with E-state index in [-0.39, 0.29) is 0 Å². The van der Waals surface area contributed by atoms with Crippen LogP contribution < -0.4 is 18.6 Å². The average molecular weight is 237 g/mol. The highest BCUT2D eigenvalue weighted by atomic mass is 35.7. The number of rotatable bonds is 0. The molecule has 0 aliphatic carbocycles. The van der Waals surface area contributed by atoms with E-state index in [1.807, 2.05) is 6.07 Å². The van der Waals surface area contributed by atoms with Crippen LogP contribution in [0.3, 0.4) is 0 Å². The number of hydrogen-bond donors (Lipinski definition) is 0. The van der Waals surface area contributed by atoms with Crippen molar-refractivity contribution in [3.05, 3.63) is 29.4 Å². The molecule has 14 heavy (non-hydrogen) atoms. The van der Waals surface area contributed by atoms with E-state index in [2.05, 4.69) is 10.8 Å². The van der Waals surface area contributed by atoms with Crippen LogP contribution in [0.4, 0.5) is 0 Å². The van der Waals surface area contributed by atoms with Gasteiger partial charge in [-0.2, -0.15) is 11.3 Å². The third-order valence-corrected chi connectivity index (χ3v) is 2.02. The van der Waals surface area contributed by atoms with Crippen molar-refractivity contribution in [3.63, 3.8) is 0 Å². The van der Waals surface area contributed by atoms with Crippen LogP contribution >= 0.6 is 11.3 Å². The quantitative estimate of drug-likeness (QED) is 0.493. The molecule has 0 radical (unpaired) electrons. The van der Waals surface area contributed by atoms with E-state index in [0.29, 0.717) is 0 Å². The summed E-state index contributed by atoms with van der Waals surface area (Å²) in [5.41, 5.74) is 0. The Balaban J connectivity index is 0.000000171. The van der Waals surface area contributed by atoms with Gasteiger partial charge in [0.2, 0.25) is 0 Å². The van der Waals surface area contributed by atoms with E-state index in [9.17, 15) is 0 Å².